The molecule has 148 valence electrons. The lowest BCUT2D eigenvalue weighted by molar-refractivity contribution is -0.384. The van der Waals surface area contributed by atoms with E-state index >= 15 is 0 Å². The quantitative estimate of drug-likeness (QED) is 0.399. The number of nitro benzene ring substituents is 1. The maximum atomic E-state index is 12.6. The molecule has 0 atom stereocenters. The SMILES string of the molecule is O=C(COc1ccc([N+](=O)[O-])cc1)c1ccc(S(=O)(=O)N2CCCCC2)cc1. The van der Waals surface area contributed by atoms with E-state index in [2.05, 4.69) is 0 Å². The van der Waals surface area contributed by atoms with Gasteiger partial charge in [-0.2, -0.15) is 4.31 Å². The van der Waals surface area contributed by atoms with E-state index in [9.17, 15) is 23.3 Å². The van der Waals surface area contributed by atoms with E-state index in [1.165, 1.54) is 52.8 Å². The fourth-order valence-corrected chi connectivity index (χ4v) is 4.48. The first kappa shape index (κ1) is 20.0. The highest BCUT2D eigenvalue weighted by Crippen LogP contribution is 2.21. The van der Waals surface area contributed by atoms with E-state index in [0.29, 0.717) is 24.4 Å². The van der Waals surface area contributed by atoms with E-state index in [1.807, 2.05) is 0 Å². The van der Waals surface area contributed by atoms with Gasteiger partial charge >= 0.3 is 0 Å². The van der Waals surface area contributed by atoms with Crippen LogP contribution in [0.2, 0.25) is 0 Å². The molecule has 1 fully saturated rings. The van der Waals surface area contributed by atoms with Crippen molar-refractivity contribution in [2.75, 3.05) is 19.7 Å². The fraction of sp³-hybridized carbons (Fsp3) is 0.316. The Hall–Kier alpha value is -2.78. The van der Waals surface area contributed by atoms with Crippen molar-refractivity contribution in [3.8, 4) is 5.75 Å². The van der Waals surface area contributed by atoms with Crippen LogP contribution in [0.3, 0.4) is 0 Å². The van der Waals surface area contributed by atoms with Gasteiger partial charge in [-0.1, -0.05) is 6.42 Å². The number of carbonyl (C=O) groups is 1. The first-order valence-corrected chi connectivity index (χ1v) is 10.3. The molecule has 0 amide bonds. The van der Waals surface area contributed by atoms with Crippen LogP contribution in [0.5, 0.6) is 5.75 Å². The number of ketones is 1. The largest absolute Gasteiger partial charge is 0.485 e. The molecule has 0 saturated carbocycles. The number of carbonyl (C=O) groups excluding carboxylic acids is 1. The molecule has 28 heavy (non-hydrogen) atoms. The average molecular weight is 404 g/mol. The lowest BCUT2D eigenvalue weighted by atomic mass is 10.1. The second kappa shape index (κ2) is 8.49. The van der Waals surface area contributed by atoms with Gasteiger partial charge in [0.2, 0.25) is 10.0 Å². The summed E-state index contributed by atoms with van der Waals surface area (Å²) >= 11 is 0. The minimum atomic E-state index is -3.54. The molecule has 0 unspecified atom stereocenters. The number of nitrogens with zero attached hydrogens (tertiary/aromatic N) is 2. The summed E-state index contributed by atoms with van der Waals surface area (Å²) in [5, 5.41) is 10.6. The Kier molecular flexibility index (Phi) is 6.05. The van der Waals surface area contributed by atoms with Crippen molar-refractivity contribution in [3.63, 3.8) is 0 Å². The zero-order valence-electron chi connectivity index (χ0n) is 15.1. The number of piperidine rings is 1. The minimum absolute atomic E-state index is 0.0656. The number of Topliss-reactive ketones (excluding diaryl/α,β-unsaturated/α-hetero) is 1. The molecule has 0 spiro atoms. The molecule has 0 bridgehead atoms. The molecule has 8 nitrogen and oxygen atoms in total. The number of nitro groups is 1. The third-order valence-electron chi connectivity index (χ3n) is 4.55. The van der Waals surface area contributed by atoms with Crippen LogP contribution >= 0.6 is 0 Å². The zero-order chi connectivity index (χ0) is 20.1. The Bertz CT molecular complexity index is 949. The molecule has 2 aromatic rings. The summed E-state index contributed by atoms with van der Waals surface area (Å²) in [4.78, 5) is 22.5. The van der Waals surface area contributed by atoms with Crippen LogP contribution in [0, 0.1) is 10.1 Å². The molecule has 0 aromatic heterocycles. The average Bonchev–Trinajstić information content (AvgIpc) is 2.73. The highest BCUT2D eigenvalue weighted by Gasteiger charge is 2.25. The summed E-state index contributed by atoms with van der Waals surface area (Å²) in [5.74, 6) is 0.0171. The van der Waals surface area contributed by atoms with Crippen LogP contribution in [0.25, 0.3) is 0 Å². The normalized spacial score (nSPS) is 15.1. The van der Waals surface area contributed by atoms with Gasteiger partial charge in [0, 0.05) is 30.8 Å². The molecule has 3 rings (SSSR count). The third kappa shape index (κ3) is 4.55. The highest BCUT2D eigenvalue weighted by atomic mass is 32.2. The van der Waals surface area contributed by atoms with Gasteiger partial charge in [-0.05, 0) is 49.2 Å². The molecule has 2 aromatic carbocycles. The van der Waals surface area contributed by atoms with E-state index < -0.39 is 14.9 Å². The lowest BCUT2D eigenvalue weighted by Crippen LogP contribution is -2.35. The molecular formula is C19H20N2O6S. The maximum absolute atomic E-state index is 12.6. The number of sulfonamides is 1. The molecule has 1 heterocycles. The predicted octanol–water partition coefficient (Wildman–Crippen LogP) is 3.03. The highest BCUT2D eigenvalue weighted by molar-refractivity contribution is 7.89. The topological polar surface area (TPSA) is 107 Å². The van der Waals surface area contributed by atoms with Gasteiger partial charge in [-0.25, -0.2) is 8.42 Å². The van der Waals surface area contributed by atoms with Crippen molar-refractivity contribution in [3.05, 3.63) is 64.2 Å². The maximum Gasteiger partial charge on any atom is 0.269 e. The Labute approximate surface area is 162 Å². The van der Waals surface area contributed by atoms with Gasteiger partial charge < -0.3 is 4.74 Å². The standard InChI is InChI=1S/C19H20N2O6S/c22-19(14-27-17-8-6-16(7-9-17)21(23)24)15-4-10-18(11-5-15)28(25,26)20-12-2-1-3-13-20/h4-11H,1-3,12-14H2. The predicted molar refractivity (Wildman–Crippen MR) is 102 cm³/mol. The number of benzene rings is 2. The lowest BCUT2D eigenvalue weighted by Gasteiger charge is -2.25. The van der Waals surface area contributed by atoms with Crippen molar-refractivity contribution < 1.29 is 22.9 Å². The number of rotatable bonds is 7. The van der Waals surface area contributed by atoms with Crippen LogP contribution in [-0.4, -0.2) is 43.1 Å². The molecule has 0 radical (unpaired) electrons. The second-order valence-electron chi connectivity index (χ2n) is 6.45. The third-order valence-corrected chi connectivity index (χ3v) is 6.46. The Morgan fingerprint density at radius 1 is 1.00 bits per heavy atom. The first-order chi connectivity index (χ1) is 13.4. The van der Waals surface area contributed by atoms with Gasteiger partial charge in [-0.15, -0.1) is 0 Å². The number of hydrogen-bond acceptors (Lipinski definition) is 6. The van der Waals surface area contributed by atoms with E-state index in [4.69, 9.17) is 4.74 Å². The Morgan fingerprint density at radius 3 is 2.18 bits per heavy atom. The first-order valence-electron chi connectivity index (χ1n) is 8.88. The van der Waals surface area contributed by atoms with Crippen LogP contribution in [0.4, 0.5) is 5.69 Å². The molecule has 0 aliphatic carbocycles. The summed E-state index contributed by atoms with van der Waals surface area (Å²) in [6.45, 7) is 0.786. The summed E-state index contributed by atoms with van der Waals surface area (Å²) < 4.78 is 32.1. The van der Waals surface area contributed by atoms with Gasteiger partial charge in [0.1, 0.15) is 5.75 Å². The fourth-order valence-electron chi connectivity index (χ4n) is 2.96. The smallest absolute Gasteiger partial charge is 0.269 e. The van der Waals surface area contributed by atoms with E-state index in [0.717, 1.165) is 19.3 Å². The Morgan fingerprint density at radius 2 is 1.61 bits per heavy atom. The van der Waals surface area contributed by atoms with Crippen molar-refractivity contribution in [1.29, 1.82) is 0 Å². The van der Waals surface area contributed by atoms with Crippen molar-refractivity contribution >= 4 is 21.5 Å². The van der Waals surface area contributed by atoms with E-state index in [1.54, 1.807) is 0 Å². The van der Waals surface area contributed by atoms with Crippen LogP contribution in [-0.2, 0) is 10.0 Å². The molecular weight excluding hydrogens is 384 g/mol. The zero-order valence-corrected chi connectivity index (χ0v) is 15.9. The summed E-state index contributed by atoms with van der Waals surface area (Å²) in [6.07, 6.45) is 2.75. The monoisotopic (exact) mass is 404 g/mol. The number of hydrogen-bond donors (Lipinski definition) is 0. The van der Waals surface area contributed by atoms with Crippen molar-refractivity contribution in [2.24, 2.45) is 0 Å². The van der Waals surface area contributed by atoms with Crippen LogP contribution in [0.15, 0.2) is 53.4 Å². The number of ether oxygens (including phenoxy) is 1. The van der Waals surface area contributed by atoms with Crippen molar-refractivity contribution in [1.82, 2.24) is 4.31 Å². The van der Waals surface area contributed by atoms with Crippen LogP contribution in [0.1, 0.15) is 29.6 Å². The summed E-state index contributed by atoms with van der Waals surface area (Å²) in [7, 11) is -3.54. The van der Waals surface area contributed by atoms with Gasteiger partial charge in [0.05, 0.1) is 9.82 Å². The molecule has 0 N–H and O–H groups in total. The van der Waals surface area contributed by atoms with Crippen molar-refractivity contribution in [2.45, 2.75) is 24.2 Å². The second-order valence-corrected chi connectivity index (χ2v) is 8.39. The van der Waals surface area contributed by atoms with Gasteiger partial charge in [0.15, 0.2) is 12.4 Å². The minimum Gasteiger partial charge on any atom is -0.485 e. The molecule has 1 saturated heterocycles. The molecule has 1 aliphatic heterocycles. The Balaban J connectivity index is 1.62. The number of non-ortho nitro benzene ring substituents is 1. The van der Waals surface area contributed by atoms with Gasteiger partial charge in [0.25, 0.3) is 5.69 Å². The van der Waals surface area contributed by atoms with E-state index in [-0.39, 0.29) is 23.0 Å². The van der Waals surface area contributed by atoms with Crippen LogP contribution < -0.4 is 4.74 Å². The van der Waals surface area contributed by atoms with Gasteiger partial charge in [-0.3, -0.25) is 14.9 Å². The summed E-state index contributed by atoms with van der Waals surface area (Å²) in [6, 6.07) is 11.2. The molecule has 1 aliphatic rings. The summed E-state index contributed by atoms with van der Waals surface area (Å²) in [5.41, 5.74) is 0.267. The molecule has 9 heteroatoms.